The number of phenols is 2. The molecule has 132 valence electrons. The van der Waals surface area contributed by atoms with Crippen molar-refractivity contribution in [2.75, 3.05) is 0 Å². The molecular weight excluding hydrogens is 363 g/mol. The highest BCUT2D eigenvalue weighted by Crippen LogP contribution is 2.25. The van der Waals surface area contributed by atoms with Crippen molar-refractivity contribution in [1.29, 1.82) is 0 Å². The number of rotatable bonds is 8. The molecule has 0 saturated carbocycles. The molecule has 0 aliphatic heterocycles. The quantitative estimate of drug-likeness (QED) is 0.661. The normalized spacial score (nSPS) is 10.6. The van der Waals surface area contributed by atoms with Crippen LogP contribution in [0.2, 0.25) is 10.0 Å². The van der Waals surface area contributed by atoms with E-state index in [9.17, 15) is 19.8 Å². The molecule has 2 aromatic rings. The first kappa shape index (κ1) is 19.3. The first-order valence-electron chi connectivity index (χ1n) is 7.83. The van der Waals surface area contributed by atoms with Crippen molar-refractivity contribution >= 4 is 34.8 Å². The van der Waals surface area contributed by atoms with Crippen molar-refractivity contribution < 1.29 is 19.8 Å². The Morgan fingerprint density at radius 3 is 1.52 bits per heavy atom. The number of phenolic OH excluding ortho intramolecular Hbond substituents is 2. The van der Waals surface area contributed by atoms with Gasteiger partial charge in [-0.25, -0.2) is 0 Å². The van der Waals surface area contributed by atoms with E-state index in [1.807, 2.05) is 0 Å². The van der Waals surface area contributed by atoms with E-state index in [0.717, 1.165) is 11.1 Å². The zero-order valence-corrected chi connectivity index (χ0v) is 15.0. The largest absolute Gasteiger partial charge is 0.506 e. The molecule has 0 fully saturated rings. The van der Waals surface area contributed by atoms with Gasteiger partial charge in [0.05, 0.1) is 16.5 Å². The van der Waals surface area contributed by atoms with Crippen LogP contribution in [0.25, 0.3) is 0 Å². The van der Waals surface area contributed by atoms with Crippen LogP contribution in [-0.2, 0) is 22.4 Å². The predicted molar refractivity (Wildman–Crippen MR) is 97.5 cm³/mol. The van der Waals surface area contributed by atoms with E-state index in [4.69, 9.17) is 23.2 Å². The van der Waals surface area contributed by atoms with Gasteiger partial charge in [0.2, 0.25) is 0 Å². The molecule has 6 heteroatoms. The second-order valence-corrected chi connectivity index (χ2v) is 6.64. The number of aromatic hydroxyl groups is 2. The van der Waals surface area contributed by atoms with Crippen LogP contribution in [0.3, 0.4) is 0 Å². The number of aryl methyl sites for hydroxylation is 2. The summed E-state index contributed by atoms with van der Waals surface area (Å²) in [6.07, 6.45) is 1.34. The van der Waals surface area contributed by atoms with Gasteiger partial charge in [0.15, 0.2) is 0 Å². The van der Waals surface area contributed by atoms with E-state index in [1.165, 1.54) is 12.1 Å². The third-order valence-electron chi connectivity index (χ3n) is 3.80. The summed E-state index contributed by atoms with van der Waals surface area (Å²) in [7, 11) is 0. The van der Waals surface area contributed by atoms with Crippen LogP contribution in [0.1, 0.15) is 30.4 Å². The van der Waals surface area contributed by atoms with Gasteiger partial charge in [-0.1, -0.05) is 35.3 Å². The van der Waals surface area contributed by atoms with Gasteiger partial charge >= 0.3 is 0 Å². The van der Waals surface area contributed by atoms with Crippen LogP contribution >= 0.6 is 23.2 Å². The number of halogens is 2. The van der Waals surface area contributed by atoms with E-state index < -0.39 is 0 Å². The number of Topliss-reactive ketones (excluding diaryl/α,β-unsaturated/α-hetero) is 2. The lowest BCUT2D eigenvalue weighted by Gasteiger charge is -2.05. The Hall–Kier alpha value is -2.04. The third-order valence-corrected chi connectivity index (χ3v) is 4.41. The molecule has 25 heavy (non-hydrogen) atoms. The van der Waals surface area contributed by atoms with Crippen LogP contribution < -0.4 is 0 Å². The molecule has 0 radical (unpaired) electrons. The van der Waals surface area contributed by atoms with Gasteiger partial charge in [-0.15, -0.1) is 0 Å². The lowest BCUT2D eigenvalue weighted by atomic mass is 10.0. The summed E-state index contributed by atoms with van der Waals surface area (Å²) in [5, 5.41) is 19.2. The summed E-state index contributed by atoms with van der Waals surface area (Å²) in [5.74, 6) is -0.251. The topological polar surface area (TPSA) is 74.6 Å². The maximum absolute atomic E-state index is 11.9. The molecule has 0 saturated heterocycles. The molecule has 0 aliphatic rings. The first-order chi connectivity index (χ1) is 11.8. The van der Waals surface area contributed by atoms with Gasteiger partial charge in [-0.2, -0.15) is 0 Å². The van der Waals surface area contributed by atoms with Gasteiger partial charge in [0.1, 0.15) is 23.1 Å². The number of hydrogen-bond acceptors (Lipinski definition) is 4. The van der Waals surface area contributed by atoms with E-state index in [0.29, 0.717) is 12.8 Å². The summed E-state index contributed by atoms with van der Waals surface area (Å²) in [4.78, 5) is 23.9. The van der Waals surface area contributed by atoms with Crippen LogP contribution in [0.4, 0.5) is 0 Å². The molecule has 0 atom stereocenters. The Balaban J connectivity index is 1.76. The van der Waals surface area contributed by atoms with Gasteiger partial charge in [-0.3, -0.25) is 9.59 Å². The van der Waals surface area contributed by atoms with Crippen LogP contribution in [-0.4, -0.2) is 21.8 Å². The molecule has 0 heterocycles. The van der Waals surface area contributed by atoms with Gasteiger partial charge in [0, 0.05) is 12.8 Å². The number of hydrogen-bond donors (Lipinski definition) is 2. The Bertz CT molecular complexity index is 721. The maximum Gasteiger partial charge on any atom is 0.140 e. The number of carbonyl (C=O) groups excluding carboxylic acids is 2. The van der Waals surface area contributed by atoms with Crippen molar-refractivity contribution in [3.8, 4) is 11.5 Å². The van der Waals surface area contributed by atoms with Crippen molar-refractivity contribution in [3.05, 3.63) is 57.6 Å². The zero-order valence-electron chi connectivity index (χ0n) is 13.5. The van der Waals surface area contributed by atoms with E-state index in [2.05, 4.69) is 0 Å². The van der Waals surface area contributed by atoms with E-state index in [1.54, 1.807) is 24.3 Å². The lowest BCUT2D eigenvalue weighted by Crippen LogP contribution is -2.09. The Kier molecular flexibility index (Phi) is 6.85. The summed E-state index contributed by atoms with van der Waals surface area (Å²) in [5.41, 5.74) is 1.67. The summed E-state index contributed by atoms with van der Waals surface area (Å²) in [6, 6.07) is 9.59. The Labute approximate surface area is 156 Å². The lowest BCUT2D eigenvalue weighted by molar-refractivity contribution is -0.126. The Morgan fingerprint density at radius 1 is 0.760 bits per heavy atom. The third kappa shape index (κ3) is 6.07. The SMILES string of the molecule is O=C(CCc1ccc(O)c(Cl)c1)CC(=O)CCc1ccc(O)c(Cl)c1. The summed E-state index contributed by atoms with van der Waals surface area (Å²) < 4.78 is 0. The minimum absolute atomic E-state index is 0.00116. The van der Waals surface area contributed by atoms with Crippen molar-refractivity contribution in [2.45, 2.75) is 32.1 Å². The molecular formula is C19H18Cl2O4. The molecule has 4 nitrogen and oxygen atoms in total. The number of ketones is 2. The highest BCUT2D eigenvalue weighted by atomic mass is 35.5. The summed E-state index contributed by atoms with van der Waals surface area (Å²) in [6.45, 7) is 0. The predicted octanol–water partition coefficient (Wildman–Crippen LogP) is 4.50. The number of benzene rings is 2. The van der Waals surface area contributed by atoms with Gasteiger partial charge < -0.3 is 10.2 Å². The fourth-order valence-corrected chi connectivity index (χ4v) is 2.78. The molecule has 0 amide bonds. The monoisotopic (exact) mass is 380 g/mol. The minimum Gasteiger partial charge on any atom is -0.506 e. The van der Waals surface area contributed by atoms with Crippen molar-refractivity contribution in [1.82, 2.24) is 0 Å². The summed E-state index contributed by atoms with van der Waals surface area (Å²) >= 11 is 11.6. The second-order valence-electron chi connectivity index (χ2n) is 5.83. The minimum atomic E-state index is -0.127. The molecule has 0 aromatic heterocycles. The van der Waals surface area contributed by atoms with E-state index >= 15 is 0 Å². The molecule has 2 N–H and O–H groups in total. The highest BCUT2D eigenvalue weighted by molar-refractivity contribution is 6.32. The average Bonchev–Trinajstić information content (AvgIpc) is 2.57. The van der Waals surface area contributed by atoms with Crippen LogP contribution in [0.5, 0.6) is 11.5 Å². The van der Waals surface area contributed by atoms with Crippen LogP contribution in [0.15, 0.2) is 36.4 Å². The van der Waals surface area contributed by atoms with Crippen molar-refractivity contribution in [2.24, 2.45) is 0 Å². The first-order valence-corrected chi connectivity index (χ1v) is 8.59. The fraction of sp³-hybridized carbons (Fsp3) is 0.263. The maximum atomic E-state index is 11.9. The number of carbonyl (C=O) groups is 2. The van der Waals surface area contributed by atoms with Crippen LogP contribution in [0, 0.1) is 0 Å². The highest BCUT2D eigenvalue weighted by Gasteiger charge is 2.11. The van der Waals surface area contributed by atoms with Crippen molar-refractivity contribution in [3.63, 3.8) is 0 Å². The molecule has 2 aromatic carbocycles. The zero-order chi connectivity index (χ0) is 18.4. The smallest absolute Gasteiger partial charge is 0.140 e. The van der Waals surface area contributed by atoms with Gasteiger partial charge in [0.25, 0.3) is 0 Å². The Morgan fingerprint density at radius 2 is 1.16 bits per heavy atom. The molecule has 0 spiro atoms. The standard InChI is InChI=1S/C19H18Cl2O4/c20-16-9-12(3-7-18(16)24)1-5-14(22)11-15(23)6-2-13-4-8-19(25)17(21)10-13/h3-4,7-10,24-25H,1-2,5-6,11H2. The molecule has 0 bridgehead atoms. The molecule has 0 aliphatic carbocycles. The second kappa shape index (κ2) is 8.88. The molecule has 0 unspecified atom stereocenters. The van der Waals surface area contributed by atoms with E-state index in [-0.39, 0.29) is 52.4 Å². The fourth-order valence-electron chi connectivity index (χ4n) is 2.38. The molecule has 2 rings (SSSR count). The average molecular weight is 381 g/mol. The van der Waals surface area contributed by atoms with Gasteiger partial charge in [-0.05, 0) is 48.2 Å².